The number of carbonyl (C=O) groups is 1. The summed E-state index contributed by atoms with van der Waals surface area (Å²) in [5.41, 5.74) is 0. The van der Waals surface area contributed by atoms with Gasteiger partial charge in [-0.1, -0.05) is 20.8 Å². The average Bonchev–Trinajstić information content (AvgIpc) is 2.65. The molecule has 1 aliphatic heterocycles. The Kier molecular flexibility index (Phi) is 4.58. The second-order valence-electron chi connectivity index (χ2n) is 4.78. The summed E-state index contributed by atoms with van der Waals surface area (Å²) in [6.07, 6.45) is 0. The Balaban J connectivity index is 2.60. The van der Waals surface area contributed by atoms with Crippen molar-refractivity contribution in [2.75, 3.05) is 19.7 Å². The van der Waals surface area contributed by atoms with Crippen LogP contribution in [0.3, 0.4) is 0 Å². The van der Waals surface area contributed by atoms with Crippen LogP contribution in [0.2, 0.25) is 0 Å². The SMILES string of the molecule is CCOC(=O)C1CNCC1C(C)C(C)C. The number of nitrogens with one attached hydrogen (secondary N) is 1. The summed E-state index contributed by atoms with van der Waals surface area (Å²) in [5, 5.41) is 3.30. The first-order valence-corrected chi connectivity index (χ1v) is 5.95. The lowest BCUT2D eigenvalue weighted by Gasteiger charge is -2.26. The fraction of sp³-hybridized carbons (Fsp3) is 0.917. The van der Waals surface area contributed by atoms with E-state index in [0.717, 1.165) is 13.1 Å². The summed E-state index contributed by atoms with van der Waals surface area (Å²) in [7, 11) is 0. The molecule has 0 aromatic heterocycles. The van der Waals surface area contributed by atoms with Gasteiger partial charge in [0.05, 0.1) is 12.5 Å². The van der Waals surface area contributed by atoms with Gasteiger partial charge in [0.25, 0.3) is 0 Å². The fourth-order valence-electron chi connectivity index (χ4n) is 2.25. The van der Waals surface area contributed by atoms with E-state index in [1.165, 1.54) is 0 Å². The van der Waals surface area contributed by atoms with Crippen molar-refractivity contribution in [3.05, 3.63) is 0 Å². The lowest BCUT2D eigenvalue weighted by atomic mass is 9.79. The number of rotatable bonds is 4. The predicted octanol–water partition coefficient (Wildman–Crippen LogP) is 1.68. The number of hydrogen-bond donors (Lipinski definition) is 1. The molecule has 3 heteroatoms. The van der Waals surface area contributed by atoms with Gasteiger partial charge in [-0.05, 0) is 31.2 Å². The molecule has 1 rings (SSSR count). The quantitative estimate of drug-likeness (QED) is 0.722. The zero-order valence-corrected chi connectivity index (χ0v) is 10.2. The van der Waals surface area contributed by atoms with E-state index in [-0.39, 0.29) is 11.9 Å². The average molecular weight is 213 g/mol. The van der Waals surface area contributed by atoms with E-state index in [2.05, 4.69) is 26.1 Å². The monoisotopic (exact) mass is 213 g/mol. The smallest absolute Gasteiger partial charge is 0.310 e. The molecule has 1 saturated heterocycles. The summed E-state index contributed by atoms with van der Waals surface area (Å²) >= 11 is 0. The van der Waals surface area contributed by atoms with Gasteiger partial charge in [0.1, 0.15) is 0 Å². The number of esters is 1. The minimum absolute atomic E-state index is 0.0278. The van der Waals surface area contributed by atoms with Crippen molar-refractivity contribution in [3.63, 3.8) is 0 Å². The molecule has 15 heavy (non-hydrogen) atoms. The molecule has 1 aliphatic rings. The first-order valence-electron chi connectivity index (χ1n) is 5.95. The van der Waals surface area contributed by atoms with Crippen LogP contribution in [0.25, 0.3) is 0 Å². The third-order valence-corrected chi connectivity index (χ3v) is 3.58. The van der Waals surface area contributed by atoms with Gasteiger partial charge in [0, 0.05) is 6.54 Å². The van der Waals surface area contributed by atoms with Crippen LogP contribution in [0.1, 0.15) is 27.7 Å². The summed E-state index contributed by atoms with van der Waals surface area (Å²) in [6, 6.07) is 0. The molecule has 1 fully saturated rings. The summed E-state index contributed by atoms with van der Waals surface area (Å²) < 4.78 is 5.11. The van der Waals surface area contributed by atoms with Gasteiger partial charge in [-0.3, -0.25) is 4.79 Å². The third kappa shape index (κ3) is 2.94. The lowest BCUT2D eigenvalue weighted by molar-refractivity contribution is -0.149. The maximum atomic E-state index is 11.7. The zero-order chi connectivity index (χ0) is 11.4. The second kappa shape index (κ2) is 5.50. The molecule has 1 N–H and O–H groups in total. The molecule has 0 saturated carbocycles. The van der Waals surface area contributed by atoms with Crippen LogP contribution in [0.4, 0.5) is 0 Å². The molecule has 0 aromatic carbocycles. The standard InChI is InChI=1S/C12H23NO2/c1-5-15-12(14)11-7-13-6-10(11)9(4)8(2)3/h8-11,13H,5-7H2,1-4H3. The molecule has 3 nitrogen and oxygen atoms in total. The van der Waals surface area contributed by atoms with Gasteiger partial charge in [0.2, 0.25) is 0 Å². The Morgan fingerprint density at radius 3 is 2.60 bits per heavy atom. The summed E-state index contributed by atoms with van der Waals surface area (Å²) in [5.74, 6) is 1.65. The maximum Gasteiger partial charge on any atom is 0.310 e. The predicted molar refractivity (Wildman–Crippen MR) is 60.5 cm³/mol. The van der Waals surface area contributed by atoms with Gasteiger partial charge in [0.15, 0.2) is 0 Å². The number of carbonyl (C=O) groups excluding carboxylic acids is 1. The van der Waals surface area contributed by atoms with Crippen LogP contribution in [-0.2, 0) is 9.53 Å². The minimum atomic E-state index is -0.0278. The van der Waals surface area contributed by atoms with Crippen LogP contribution in [0.5, 0.6) is 0 Å². The molecule has 0 amide bonds. The Morgan fingerprint density at radius 1 is 1.40 bits per heavy atom. The molecule has 0 aliphatic carbocycles. The van der Waals surface area contributed by atoms with Crippen LogP contribution < -0.4 is 5.32 Å². The van der Waals surface area contributed by atoms with E-state index in [1.807, 2.05) is 6.92 Å². The molecule has 0 radical (unpaired) electrons. The van der Waals surface area contributed by atoms with E-state index < -0.39 is 0 Å². The Hall–Kier alpha value is -0.570. The highest BCUT2D eigenvalue weighted by molar-refractivity contribution is 5.73. The van der Waals surface area contributed by atoms with Gasteiger partial charge < -0.3 is 10.1 Å². The van der Waals surface area contributed by atoms with Gasteiger partial charge >= 0.3 is 5.97 Å². The van der Waals surface area contributed by atoms with Crippen LogP contribution >= 0.6 is 0 Å². The second-order valence-corrected chi connectivity index (χ2v) is 4.78. The molecule has 0 spiro atoms. The summed E-state index contributed by atoms with van der Waals surface area (Å²) in [6.45, 7) is 10.7. The van der Waals surface area contributed by atoms with E-state index in [4.69, 9.17) is 4.74 Å². The van der Waals surface area contributed by atoms with E-state index >= 15 is 0 Å². The first-order chi connectivity index (χ1) is 7.07. The Labute approximate surface area is 92.6 Å². The van der Waals surface area contributed by atoms with Crippen molar-refractivity contribution >= 4 is 5.97 Å². The topological polar surface area (TPSA) is 38.3 Å². The molecular weight excluding hydrogens is 190 g/mol. The van der Waals surface area contributed by atoms with Gasteiger partial charge in [-0.2, -0.15) is 0 Å². The molecule has 88 valence electrons. The summed E-state index contributed by atoms with van der Waals surface area (Å²) in [4.78, 5) is 11.7. The number of hydrogen-bond acceptors (Lipinski definition) is 3. The van der Waals surface area contributed by atoms with Crippen LogP contribution in [-0.4, -0.2) is 25.7 Å². The van der Waals surface area contributed by atoms with Crippen LogP contribution in [0.15, 0.2) is 0 Å². The van der Waals surface area contributed by atoms with Crippen molar-refractivity contribution in [2.24, 2.45) is 23.7 Å². The minimum Gasteiger partial charge on any atom is -0.466 e. The highest BCUT2D eigenvalue weighted by Gasteiger charge is 2.37. The highest BCUT2D eigenvalue weighted by atomic mass is 16.5. The van der Waals surface area contributed by atoms with E-state index in [0.29, 0.717) is 24.4 Å². The van der Waals surface area contributed by atoms with Crippen molar-refractivity contribution in [3.8, 4) is 0 Å². The highest BCUT2D eigenvalue weighted by Crippen LogP contribution is 2.30. The molecule has 0 bridgehead atoms. The van der Waals surface area contributed by atoms with E-state index in [1.54, 1.807) is 0 Å². The molecular formula is C12H23NO2. The van der Waals surface area contributed by atoms with Crippen molar-refractivity contribution < 1.29 is 9.53 Å². The molecule has 3 atom stereocenters. The number of ether oxygens (including phenoxy) is 1. The Bertz CT molecular complexity index is 216. The van der Waals surface area contributed by atoms with Gasteiger partial charge in [-0.15, -0.1) is 0 Å². The largest absolute Gasteiger partial charge is 0.466 e. The lowest BCUT2D eigenvalue weighted by Crippen LogP contribution is -2.30. The van der Waals surface area contributed by atoms with Gasteiger partial charge in [-0.25, -0.2) is 0 Å². The molecule has 0 aromatic rings. The Morgan fingerprint density at radius 2 is 2.07 bits per heavy atom. The normalized spacial score (nSPS) is 28.1. The zero-order valence-electron chi connectivity index (χ0n) is 10.2. The van der Waals surface area contributed by atoms with E-state index in [9.17, 15) is 4.79 Å². The van der Waals surface area contributed by atoms with Crippen molar-refractivity contribution in [2.45, 2.75) is 27.7 Å². The van der Waals surface area contributed by atoms with Crippen molar-refractivity contribution in [1.82, 2.24) is 5.32 Å². The van der Waals surface area contributed by atoms with Crippen molar-refractivity contribution in [1.29, 1.82) is 0 Å². The third-order valence-electron chi connectivity index (χ3n) is 3.58. The fourth-order valence-corrected chi connectivity index (χ4v) is 2.25. The molecule has 1 heterocycles. The molecule has 3 unspecified atom stereocenters. The van der Waals surface area contributed by atoms with Crippen LogP contribution in [0, 0.1) is 23.7 Å². The first kappa shape index (κ1) is 12.5. The maximum absolute atomic E-state index is 11.7.